The van der Waals surface area contributed by atoms with E-state index in [2.05, 4.69) is 74.4 Å². The standard InChI is InChI=1S/C40H46O4/c1-10-17-30(31-24-33(39(4,5)6)35(22-26(31)2)43-37(41)28-18-13-11-14-19-28)32-25-34(40(7,8)9)36(23-27(32)3)44-38(42)29-20-15-12-16-21-29/h11-16,18-25,30H,10,17H2,1-9H3. The summed E-state index contributed by atoms with van der Waals surface area (Å²) in [6, 6.07) is 26.7. The van der Waals surface area contributed by atoms with E-state index in [1.807, 2.05) is 48.5 Å². The van der Waals surface area contributed by atoms with Crippen LogP contribution < -0.4 is 9.47 Å². The Morgan fingerprint density at radius 2 is 0.977 bits per heavy atom. The third kappa shape index (κ3) is 7.48. The van der Waals surface area contributed by atoms with Crippen LogP contribution in [0.2, 0.25) is 0 Å². The van der Waals surface area contributed by atoms with E-state index >= 15 is 0 Å². The number of esters is 2. The first-order valence-corrected chi connectivity index (χ1v) is 15.5. The Labute approximate surface area is 263 Å². The summed E-state index contributed by atoms with van der Waals surface area (Å²) in [4.78, 5) is 26.1. The number of carbonyl (C=O) groups excluding carboxylic acids is 2. The van der Waals surface area contributed by atoms with Crippen LogP contribution in [-0.4, -0.2) is 11.9 Å². The van der Waals surface area contributed by atoms with Gasteiger partial charge in [0.25, 0.3) is 0 Å². The summed E-state index contributed by atoms with van der Waals surface area (Å²) >= 11 is 0. The molecule has 0 amide bonds. The van der Waals surface area contributed by atoms with E-state index in [0.29, 0.717) is 22.6 Å². The number of benzene rings is 4. The van der Waals surface area contributed by atoms with E-state index in [4.69, 9.17) is 9.47 Å². The second kappa shape index (κ2) is 13.2. The van der Waals surface area contributed by atoms with Gasteiger partial charge < -0.3 is 9.47 Å². The van der Waals surface area contributed by atoms with E-state index in [-0.39, 0.29) is 28.7 Å². The van der Waals surface area contributed by atoms with Gasteiger partial charge in [-0.25, -0.2) is 9.59 Å². The molecule has 0 fully saturated rings. The van der Waals surface area contributed by atoms with Crippen LogP contribution >= 0.6 is 0 Å². The molecule has 0 aliphatic heterocycles. The third-order valence-corrected chi connectivity index (χ3v) is 8.10. The van der Waals surface area contributed by atoms with E-state index in [0.717, 1.165) is 35.1 Å². The summed E-state index contributed by atoms with van der Waals surface area (Å²) in [7, 11) is 0. The second-order valence-corrected chi connectivity index (χ2v) is 13.8. The fourth-order valence-corrected chi connectivity index (χ4v) is 5.72. The SMILES string of the molecule is CCCC(c1cc(C(C)(C)C)c(OC(=O)c2ccccc2)cc1C)c1cc(C(C)(C)C)c(OC(=O)c2ccccc2)cc1C. The molecular weight excluding hydrogens is 544 g/mol. The lowest BCUT2D eigenvalue weighted by molar-refractivity contribution is 0.0722. The van der Waals surface area contributed by atoms with Gasteiger partial charge in [0.2, 0.25) is 0 Å². The number of ether oxygens (including phenoxy) is 2. The molecule has 4 nitrogen and oxygen atoms in total. The molecule has 0 radical (unpaired) electrons. The topological polar surface area (TPSA) is 52.6 Å². The van der Waals surface area contributed by atoms with Crippen molar-refractivity contribution in [1.82, 2.24) is 0 Å². The van der Waals surface area contributed by atoms with Crippen LogP contribution in [0.15, 0.2) is 84.9 Å². The second-order valence-electron chi connectivity index (χ2n) is 13.8. The first kappa shape index (κ1) is 32.7. The highest BCUT2D eigenvalue weighted by atomic mass is 16.5. The Hall–Kier alpha value is -4.18. The summed E-state index contributed by atoms with van der Waals surface area (Å²) in [5, 5.41) is 0. The van der Waals surface area contributed by atoms with E-state index < -0.39 is 0 Å². The molecular formula is C40H46O4. The number of aryl methyl sites for hydroxylation is 2. The van der Waals surface area contributed by atoms with Gasteiger partial charge in [-0.2, -0.15) is 0 Å². The number of rotatable bonds is 8. The largest absolute Gasteiger partial charge is 0.423 e. The summed E-state index contributed by atoms with van der Waals surface area (Å²) in [6.07, 6.45) is 1.94. The van der Waals surface area contributed by atoms with Gasteiger partial charge in [0.05, 0.1) is 11.1 Å². The van der Waals surface area contributed by atoms with Crippen LogP contribution in [0, 0.1) is 13.8 Å². The third-order valence-electron chi connectivity index (χ3n) is 8.10. The molecule has 4 rings (SSSR count). The van der Waals surface area contributed by atoms with E-state index in [1.54, 1.807) is 24.3 Å². The van der Waals surface area contributed by atoms with Gasteiger partial charge in [0.15, 0.2) is 0 Å². The Morgan fingerprint density at radius 1 is 0.614 bits per heavy atom. The van der Waals surface area contributed by atoms with Crippen molar-refractivity contribution in [3.63, 3.8) is 0 Å². The molecule has 44 heavy (non-hydrogen) atoms. The van der Waals surface area contributed by atoms with Crippen molar-refractivity contribution in [3.8, 4) is 11.5 Å². The molecule has 0 aliphatic rings. The first-order valence-electron chi connectivity index (χ1n) is 15.5. The van der Waals surface area contributed by atoms with Gasteiger partial charge in [-0.15, -0.1) is 0 Å². The average Bonchev–Trinajstić information content (AvgIpc) is 2.96. The van der Waals surface area contributed by atoms with Crippen LogP contribution in [0.5, 0.6) is 11.5 Å². The molecule has 0 bridgehead atoms. The molecule has 0 spiro atoms. The smallest absolute Gasteiger partial charge is 0.343 e. The van der Waals surface area contributed by atoms with Crippen molar-refractivity contribution in [2.75, 3.05) is 0 Å². The predicted octanol–water partition coefficient (Wildman–Crippen LogP) is 10.3. The highest BCUT2D eigenvalue weighted by molar-refractivity contribution is 5.92. The molecule has 0 aromatic heterocycles. The minimum absolute atomic E-state index is 0.111. The lowest BCUT2D eigenvalue weighted by Gasteiger charge is -2.30. The molecule has 0 aliphatic carbocycles. The van der Waals surface area contributed by atoms with E-state index in [1.165, 1.54) is 11.1 Å². The molecule has 4 aromatic rings. The lowest BCUT2D eigenvalue weighted by Crippen LogP contribution is -2.19. The van der Waals surface area contributed by atoms with Crippen LogP contribution in [0.1, 0.15) is 121 Å². The average molecular weight is 591 g/mol. The van der Waals surface area contributed by atoms with Crippen molar-refractivity contribution < 1.29 is 19.1 Å². The normalized spacial score (nSPS) is 11.9. The van der Waals surface area contributed by atoms with Gasteiger partial charge in [-0.05, 0) is 89.8 Å². The summed E-state index contributed by atoms with van der Waals surface area (Å²) in [5.74, 6) is 0.579. The van der Waals surface area contributed by atoms with Gasteiger partial charge in [0, 0.05) is 17.0 Å². The summed E-state index contributed by atoms with van der Waals surface area (Å²) < 4.78 is 12.1. The van der Waals surface area contributed by atoms with Gasteiger partial charge >= 0.3 is 11.9 Å². The van der Waals surface area contributed by atoms with Crippen molar-refractivity contribution in [1.29, 1.82) is 0 Å². The van der Waals surface area contributed by atoms with Crippen LogP contribution in [0.25, 0.3) is 0 Å². The molecule has 0 saturated carbocycles. The number of hydrogen-bond donors (Lipinski definition) is 0. The maximum atomic E-state index is 13.1. The van der Waals surface area contributed by atoms with Gasteiger partial charge in [-0.1, -0.05) is 103 Å². The van der Waals surface area contributed by atoms with Crippen molar-refractivity contribution in [2.45, 2.75) is 91.9 Å². The molecule has 0 N–H and O–H groups in total. The lowest BCUT2D eigenvalue weighted by atomic mass is 9.76. The molecule has 4 heteroatoms. The minimum Gasteiger partial charge on any atom is -0.423 e. The fourth-order valence-electron chi connectivity index (χ4n) is 5.72. The van der Waals surface area contributed by atoms with Crippen molar-refractivity contribution in [2.24, 2.45) is 0 Å². The quantitative estimate of drug-likeness (QED) is 0.151. The Balaban J connectivity index is 1.81. The fraction of sp³-hybridized carbons (Fsp3) is 0.350. The molecule has 0 atom stereocenters. The minimum atomic E-state index is -0.361. The Morgan fingerprint density at radius 3 is 1.30 bits per heavy atom. The maximum absolute atomic E-state index is 13.1. The predicted molar refractivity (Wildman–Crippen MR) is 179 cm³/mol. The van der Waals surface area contributed by atoms with Crippen molar-refractivity contribution >= 4 is 11.9 Å². The number of carbonyl (C=O) groups is 2. The van der Waals surface area contributed by atoms with Crippen molar-refractivity contribution in [3.05, 3.63) is 129 Å². The molecule has 0 unspecified atom stereocenters. The van der Waals surface area contributed by atoms with Gasteiger partial charge in [0.1, 0.15) is 11.5 Å². The van der Waals surface area contributed by atoms with Crippen LogP contribution in [0.4, 0.5) is 0 Å². The van der Waals surface area contributed by atoms with E-state index in [9.17, 15) is 9.59 Å². The Bertz CT molecular complexity index is 1500. The number of hydrogen-bond acceptors (Lipinski definition) is 4. The van der Waals surface area contributed by atoms with Crippen LogP contribution in [0.3, 0.4) is 0 Å². The van der Waals surface area contributed by atoms with Crippen LogP contribution in [-0.2, 0) is 10.8 Å². The highest BCUT2D eigenvalue weighted by Gasteiger charge is 2.29. The summed E-state index contributed by atoms with van der Waals surface area (Å²) in [6.45, 7) is 19.3. The molecule has 4 aromatic carbocycles. The zero-order chi connectivity index (χ0) is 32.2. The summed E-state index contributed by atoms with van der Waals surface area (Å²) in [5.41, 5.74) is 7.09. The molecule has 0 heterocycles. The zero-order valence-corrected chi connectivity index (χ0v) is 27.7. The zero-order valence-electron chi connectivity index (χ0n) is 27.7. The van der Waals surface area contributed by atoms with Gasteiger partial charge in [-0.3, -0.25) is 0 Å². The molecule has 0 saturated heterocycles. The monoisotopic (exact) mass is 590 g/mol. The first-order chi connectivity index (χ1) is 20.7. The maximum Gasteiger partial charge on any atom is 0.343 e. The molecule has 230 valence electrons. The Kier molecular flexibility index (Phi) is 9.83. The highest BCUT2D eigenvalue weighted by Crippen LogP contribution is 2.43.